The van der Waals surface area contributed by atoms with Crippen LogP contribution >= 0.6 is 22.9 Å². The SMILES string of the molecule is COC(=O)c1sc2cc(NC(=O)Cn3nc(C)c([N+](=O)[O-])c3C)ccc2c1Cl. The van der Waals surface area contributed by atoms with Crippen LogP contribution < -0.4 is 5.32 Å². The summed E-state index contributed by atoms with van der Waals surface area (Å²) in [5.74, 6) is -0.918. The van der Waals surface area contributed by atoms with Crippen LogP contribution in [-0.4, -0.2) is 33.7 Å². The quantitative estimate of drug-likeness (QED) is 0.380. The van der Waals surface area contributed by atoms with E-state index in [1.807, 2.05) is 0 Å². The molecule has 1 N–H and O–H groups in total. The molecule has 0 unspecified atom stereocenters. The molecule has 1 amide bonds. The molecule has 3 rings (SSSR count). The van der Waals surface area contributed by atoms with Crippen LogP contribution in [-0.2, 0) is 16.1 Å². The maximum Gasteiger partial charge on any atom is 0.349 e. The van der Waals surface area contributed by atoms with Crippen LogP contribution in [0.1, 0.15) is 21.1 Å². The van der Waals surface area contributed by atoms with Gasteiger partial charge in [0, 0.05) is 15.8 Å². The van der Waals surface area contributed by atoms with E-state index >= 15 is 0 Å². The Morgan fingerprint density at radius 3 is 2.71 bits per heavy atom. The van der Waals surface area contributed by atoms with E-state index in [0.717, 1.165) is 11.3 Å². The highest BCUT2D eigenvalue weighted by Crippen LogP contribution is 2.37. The van der Waals surface area contributed by atoms with Crippen LogP contribution in [0.15, 0.2) is 18.2 Å². The number of carbonyl (C=O) groups excluding carboxylic acids is 2. The van der Waals surface area contributed by atoms with Crippen LogP contribution in [0.5, 0.6) is 0 Å². The minimum absolute atomic E-state index is 0.0993. The Labute approximate surface area is 168 Å². The van der Waals surface area contributed by atoms with E-state index in [9.17, 15) is 19.7 Å². The molecule has 0 fully saturated rings. The first-order valence-electron chi connectivity index (χ1n) is 8.01. The molecule has 0 aliphatic heterocycles. The van der Waals surface area contributed by atoms with Gasteiger partial charge in [0.2, 0.25) is 5.91 Å². The summed E-state index contributed by atoms with van der Waals surface area (Å²) in [5, 5.41) is 18.8. The fourth-order valence-electron chi connectivity index (χ4n) is 2.81. The van der Waals surface area contributed by atoms with Crippen molar-refractivity contribution in [3.63, 3.8) is 0 Å². The molecule has 2 aromatic heterocycles. The van der Waals surface area contributed by atoms with E-state index in [0.29, 0.717) is 26.5 Å². The summed E-state index contributed by atoms with van der Waals surface area (Å²) >= 11 is 7.37. The Kier molecular flexibility index (Phi) is 5.34. The molecule has 11 heteroatoms. The fraction of sp³-hybridized carbons (Fsp3) is 0.235. The molecule has 0 aliphatic rings. The number of fused-ring (bicyclic) bond motifs is 1. The number of rotatable bonds is 5. The van der Waals surface area contributed by atoms with E-state index in [2.05, 4.69) is 10.4 Å². The van der Waals surface area contributed by atoms with Crippen LogP contribution in [0.4, 0.5) is 11.4 Å². The fourth-order valence-corrected chi connectivity index (χ4v) is 4.27. The number of methoxy groups -OCH3 is 1. The number of carbonyl (C=O) groups is 2. The first-order valence-corrected chi connectivity index (χ1v) is 9.21. The average molecular weight is 423 g/mol. The summed E-state index contributed by atoms with van der Waals surface area (Å²) in [5.41, 5.74) is 0.960. The van der Waals surface area contributed by atoms with Crippen molar-refractivity contribution in [1.82, 2.24) is 9.78 Å². The van der Waals surface area contributed by atoms with Crippen LogP contribution in [0, 0.1) is 24.0 Å². The monoisotopic (exact) mass is 422 g/mol. The van der Waals surface area contributed by atoms with E-state index in [1.165, 1.54) is 18.7 Å². The second-order valence-corrected chi connectivity index (χ2v) is 7.36. The Morgan fingerprint density at radius 1 is 1.39 bits per heavy atom. The topological polar surface area (TPSA) is 116 Å². The van der Waals surface area contributed by atoms with Gasteiger partial charge in [-0.2, -0.15) is 5.10 Å². The van der Waals surface area contributed by atoms with Crippen LogP contribution in [0.25, 0.3) is 10.1 Å². The maximum absolute atomic E-state index is 12.3. The lowest BCUT2D eigenvalue weighted by molar-refractivity contribution is -0.386. The predicted molar refractivity (Wildman–Crippen MR) is 105 cm³/mol. The number of aryl methyl sites for hydroxylation is 1. The standard InChI is InChI=1S/C17H15ClN4O5S/c1-8-15(22(25)26)9(2)21(20-8)7-13(23)19-10-4-5-11-12(6-10)28-16(14(11)18)17(24)27-3/h4-6H,7H2,1-3H3,(H,19,23). The Bertz CT molecular complexity index is 1120. The number of halogens is 1. The number of amides is 1. The lowest BCUT2D eigenvalue weighted by Gasteiger charge is -2.06. The van der Waals surface area contributed by atoms with Gasteiger partial charge in [-0.05, 0) is 32.0 Å². The van der Waals surface area contributed by atoms with Crippen molar-refractivity contribution >= 4 is 56.3 Å². The van der Waals surface area contributed by atoms with Gasteiger partial charge in [0.25, 0.3) is 0 Å². The van der Waals surface area contributed by atoms with Crippen molar-refractivity contribution in [2.24, 2.45) is 0 Å². The lowest BCUT2D eigenvalue weighted by atomic mass is 10.2. The first kappa shape index (κ1) is 19.8. The first-order chi connectivity index (χ1) is 13.2. The molecular formula is C17H15ClN4O5S. The van der Waals surface area contributed by atoms with E-state index in [-0.39, 0.29) is 22.8 Å². The maximum atomic E-state index is 12.3. The minimum Gasteiger partial charge on any atom is -0.465 e. The highest BCUT2D eigenvalue weighted by Gasteiger charge is 2.23. The van der Waals surface area contributed by atoms with Crippen molar-refractivity contribution in [2.45, 2.75) is 20.4 Å². The van der Waals surface area contributed by atoms with Crippen molar-refractivity contribution in [2.75, 3.05) is 12.4 Å². The zero-order valence-corrected chi connectivity index (χ0v) is 16.7. The second-order valence-electron chi connectivity index (χ2n) is 5.93. The Balaban J connectivity index is 1.81. The van der Waals surface area contributed by atoms with Crippen LogP contribution in [0.3, 0.4) is 0 Å². The van der Waals surface area contributed by atoms with Gasteiger partial charge in [0.15, 0.2) is 0 Å². The van der Waals surface area contributed by atoms with E-state index < -0.39 is 16.8 Å². The summed E-state index contributed by atoms with van der Waals surface area (Å²) in [4.78, 5) is 34.9. The molecule has 0 bridgehead atoms. The minimum atomic E-state index is -0.525. The molecule has 3 aromatic rings. The number of hydrogen-bond acceptors (Lipinski definition) is 7. The summed E-state index contributed by atoms with van der Waals surface area (Å²) in [6.45, 7) is 2.89. The number of nitrogens with one attached hydrogen (secondary N) is 1. The number of esters is 1. The number of benzene rings is 1. The summed E-state index contributed by atoms with van der Waals surface area (Å²) < 4.78 is 6.71. The molecular weight excluding hydrogens is 408 g/mol. The second kappa shape index (κ2) is 7.56. The lowest BCUT2D eigenvalue weighted by Crippen LogP contribution is -2.20. The molecule has 9 nitrogen and oxygen atoms in total. The van der Waals surface area contributed by atoms with Gasteiger partial charge >= 0.3 is 11.7 Å². The molecule has 0 atom stereocenters. The van der Waals surface area contributed by atoms with Crippen molar-refractivity contribution < 1.29 is 19.2 Å². The highest BCUT2D eigenvalue weighted by molar-refractivity contribution is 7.21. The molecule has 2 heterocycles. The number of nitrogens with zero attached hydrogens (tertiary/aromatic N) is 3. The van der Waals surface area contributed by atoms with Gasteiger partial charge in [-0.1, -0.05) is 11.6 Å². The normalized spacial score (nSPS) is 10.9. The third kappa shape index (κ3) is 3.56. The molecule has 146 valence electrons. The van der Waals surface area contributed by atoms with Gasteiger partial charge in [-0.25, -0.2) is 4.79 Å². The van der Waals surface area contributed by atoms with E-state index in [4.69, 9.17) is 16.3 Å². The van der Waals surface area contributed by atoms with Crippen molar-refractivity contribution in [1.29, 1.82) is 0 Å². The molecule has 0 spiro atoms. The third-order valence-corrected chi connectivity index (χ3v) is 5.74. The van der Waals surface area contributed by atoms with Gasteiger partial charge in [0.1, 0.15) is 22.8 Å². The number of hydrogen-bond donors (Lipinski definition) is 1. The largest absolute Gasteiger partial charge is 0.465 e. The molecule has 1 aromatic carbocycles. The molecule has 28 heavy (non-hydrogen) atoms. The zero-order chi connectivity index (χ0) is 20.6. The van der Waals surface area contributed by atoms with Gasteiger partial charge in [-0.3, -0.25) is 19.6 Å². The summed E-state index contributed by atoms with van der Waals surface area (Å²) in [6, 6.07) is 5.05. The number of thiophene rings is 1. The molecule has 0 aliphatic carbocycles. The summed E-state index contributed by atoms with van der Waals surface area (Å²) in [6.07, 6.45) is 0. The van der Waals surface area contributed by atoms with Crippen molar-refractivity contribution in [3.05, 3.63) is 49.6 Å². The number of nitro groups is 1. The van der Waals surface area contributed by atoms with Crippen molar-refractivity contribution in [3.8, 4) is 0 Å². The third-order valence-electron chi connectivity index (χ3n) is 4.10. The van der Waals surface area contributed by atoms with E-state index in [1.54, 1.807) is 25.1 Å². The smallest absolute Gasteiger partial charge is 0.349 e. The molecule has 0 saturated heterocycles. The van der Waals surface area contributed by atoms with Crippen LogP contribution in [0.2, 0.25) is 5.02 Å². The number of ether oxygens (including phenoxy) is 1. The number of aromatic nitrogens is 2. The predicted octanol–water partition coefficient (Wildman–Crippen LogP) is 3.70. The van der Waals surface area contributed by atoms with Gasteiger partial charge in [0.05, 0.1) is 17.1 Å². The molecule has 0 saturated carbocycles. The number of anilines is 1. The van der Waals surface area contributed by atoms with Gasteiger partial charge < -0.3 is 10.1 Å². The zero-order valence-electron chi connectivity index (χ0n) is 15.1. The Morgan fingerprint density at radius 2 is 2.11 bits per heavy atom. The summed E-state index contributed by atoms with van der Waals surface area (Å²) in [7, 11) is 1.28. The Hall–Kier alpha value is -2.98. The van der Waals surface area contributed by atoms with Gasteiger partial charge in [-0.15, -0.1) is 11.3 Å². The highest BCUT2D eigenvalue weighted by atomic mass is 35.5. The molecule has 0 radical (unpaired) electrons. The average Bonchev–Trinajstić information content (AvgIpc) is 3.10.